The van der Waals surface area contributed by atoms with Crippen molar-refractivity contribution in [2.45, 2.75) is 13.0 Å². The van der Waals surface area contributed by atoms with E-state index in [4.69, 9.17) is 11.5 Å². The Morgan fingerprint density at radius 1 is 1.64 bits per heavy atom. The van der Waals surface area contributed by atoms with Crippen LogP contribution in [0.1, 0.15) is 18.5 Å². The quantitative estimate of drug-likeness (QED) is 0.746. The van der Waals surface area contributed by atoms with Crippen LogP contribution >= 0.6 is 15.9 Å². The summed E-state index contributed by atoms with van der Waals surface area (Å²) in [6.45, 7) is 1.90. The van der Waals surface area contributed by atoms with Gasteiger partial charge in [0, 0.05) is 16.7 Å². The standard InChI is InChI=1S/C7H10BrN3/c1-4(9)5-2-7(10)11-3-6(5)8/h2-4H,9H2,1H3,(H2,10,11). The molecular weight excluding hydrogens is 206 g/mol. The molecule has 0 saturated carbocycles. The monoisotopic (exact) mass is 215 g/mol. The zero-order valence-corrected chi connectivity index (χ0v) is 7.80. The van der Waals surface area contributed by atoms with E-state index in [1.54, 1.807) is 12.3 Å². The molecule has 0 saturated heterocycles. The number of hydrogen-bond donors (Lipinski definition) is 2. The topological polar surface area (TPSA) is 64.9 Å². The second-order valence-electron chi connectivity index (χ2n) is 2.42. The third kappa shape index (κ3) is 1.91. The van der Waals surface area contributed by atoms with Gasteiger partial charge in [-0.2, -0.15) is 0 Å². The van der Waals surface area contributed by atoms with Crippen molar-refractivity contribution in [1.82, 2.24) is 4.98 Å². The highest BCUT2D eigenvalue weighted by Crippen LogP contribution is 2.21. The van der Waals surface area contributed by atoms with Gasteiger partial charge in [0.2, 0.25) is 0 Å². The molecule has 4 N–H and O–H groups in total. The van der Waals surface area contributed by atoms with E-state index >= 15 is 0 Å². The number of nitrogens with two attached hydrogens (primary N) is 2. The summed E-state index contributed by atoms with van der Waals surface area (Å²) in [5.41, 5.74) is 12.1. The normalized spacial score (nSPS) is 13.0. The van der Waals surface area contributed by atoms with E-state index in [2.05, 4.69) is 20.9 Å². The Hall–Kier alpha value is -0.610. The number of nitrogen functional groups attached to an aromatic ring is 1. The first-order valence-corrected chi connectivity index (χ1v) is 4.07. The van der Waals surface area contributed by atoms with Gasteiger partial charge in [0.25, 0.3) is 0 Å². The highest BCUT2D eigenvalue weighted by Gasteiger charge is 2.04. The number of aromatic nitrogens is 1. The summed E-state index contributed by atoms with van der Waals surface area (Å²) in [7, 11) is 0. The molecule has 1 aromatic rings. The number of nitrogens with zero attached hydrogens (tertiary/aromatic N) is 1. The minimum absolute atomic E-state index is 0.0188. The molecule has 1 rings (SSSR count). The molecule has 0 aliphatic carbocycles. The lowest BCUT2D eigenvalue weighted by molar-refractivity contribution is 0.811. The van der Waals surface area contributed by atoms with E-state index < -0.39 is 0 Å². The van der Waals surface area contributed by atoms with E-state index in [0.717, 1.165) is 10.0 Å². The van der Waals surface area contributed by atoms with E-state index in [9.17, 15) is 0 Å². The summed E-state index contributed by atoms with van der Waals surface area (Å²) in [6.07, 6.45) is 1.66. The van der Waals surface area contributed by atoms with E-state index in [1.165, 1.54) is 0 Å². The van der Waals surface area contributed by atoms with Gasteiger partial charge < -0.3 is 11.5 Å². The van der Waals surface area contributed by atoms with E-state index in [-0.39, 0.29) is 6.04 Å². The predicted molar refractivity (Wildman–Crippen MR) is 49.0 cm³/mol. The molecule has 11 heavy (non-hydrogen) atoms. The summed E-state index contributed by atoms with van der Waals surface area (Å²) < 4.78 is 0.904. The van der Waals surface area contributed by atoms with Crippen LogP contribution in [0.2, 0.25) is 0 Å². The van der Waals surface area contributed by atoms with Crippen molar-refractivity contribution in [3.05, 3.63) is 22.3 Å². The average Bonchev–Trinajstić information content (AvgIpc) is 1.94. The van der Waals surface area contributed by atoms with Crippen LogP contribution in [0.15, 0.2) is 16.7 Å². The molecular formula is C7H10BrN3. The van der Waals surface area contributed by atoms with Crippen LogP contribution in [0, 0.1) is 0 Å². The molecule has 0 bridgehead atoms. The van der Waals surface area contributed by atoms with Gasteiger partial charge in [0.15, 0.2) is 0 Å². The molecule has 0 radical (unpaired) electrons. The summed E-state index contributed by atoms with van der Waals surface area (Å²) in [5, 5.41) is 0. The van der Waals surface area contributed by atoms with Crippen molar-refractivity contribution in [2.75, 3.05) is 5.73 Å². The van der Waals surface area contributed by atoms with Crippen LogP contribution in [0.4, 0.5) is 5.82 Å². The van der Waals surface area contributed by atoms with Crippen LogP contribution < -0.4 is 11.5 Å². The van der Waals surface area contributed by atoms with Crippen LogP contribution in [0.25, 0.3) is 0 Å². The van der Waals surface area contributed by atoms with Gasteiger partial charge in [-0.25, -0.2) is 4.98 Å². The smallest absolute Gasteiger partial charge is 0.123 e. The highest BCUT2D eigenvalue weighted by molar-refractivity contribution is 9.10. The molecule has 0 fully saturated rings. The third-order valence-electron chi connectivity index (χ3n) is 1.40. The second-order valence-corrected chi connectivity index (χ2v) is 3.27. The lowest BCUT2D eigenvalue weighted by Crippen LogP contribution is -2.07. The number of halogens is 1. The van der Waals surface area contributed by atoms with Crippen molar-refractivity contribution >= 4 is 21.7 Å². The summed E-state index contributed by atoms with van der Waals surface area (Å²) in [5.74, 6) is 0.500. The van der Waals surface area contributed by atoms with Crippen molar-refractivity contribution in [1.29, 1.82) is 0 Å². The molecule has 0 amide bonds. The van der Waals surface area contributed by atoms with Crippen molar-refractivity contribution in [3.63, 3.8) is 0 Å². The molecule has 0 aliphatic rings. The first kappa shape index (κ1) is 8.49. The molecule has 1 atom stereocenters. The summed E-state index contributed by atoms with van der Waals surface area (Å²) in [6, 6.07) is 1.75. The van der Waals surface area contributed by atoms with Gasteiger partial charge in [0.1, 0.15) is 5.82 Å². The first-order chi connectivity index (χ1) is 5.11. The van der Waals surface area contributed by atoms with Gasteiger partial charge in [-0.05, 0) is 34.5 Å². The summed E-state index contributed by atoms with van der Waals surface area (Å²) in [4.78, 5) is 3.90. The molecule has 1 unspecified atom stereocenters. The Morgan fingerprint density at radius 2 is 2.27 bits per heavy atom. The lowest BCUT2D eigenvalue weighted by atomic mass is 10.1. The largest absolute Gasteiger partial charge is 0.384 e. The number of hydrogen-bond acceptors (Lipinski definition) is 3. The fraction of sp³-hybridized carbons (Fsp3) is 0.286. The number of rotatable bonds is 1. The predicted octanol–water partition coefficient (Wildman–Crippen LogP) is 1.45. The average molecular weight is 216 g/mol. The van der Waals surface area contributed by atoms with Crippen molar-refractivity contribution in [3.8, 4) is 0 Å². The lowest BCUT2D eigenvalue weighted by Gasteiger charge is -2.07. The molecule has 1 heterocycles. The Morgan fingerprint density at radius 3 is 2.73 bits per heavy atom. The van der Waals surface area contributed by atoms with Gasteiger partial charge in [-0.3, -0.25) is 0 Å². The molecule has 0 aliphatic heterocycles. The number of anilines is 1. The van der Waals surface area contributed by atoms with E-state index in [1.807, 2.05) is 6.92 Å². The Kier molecular flexibility index (Phi) is 2.46. The Labute approximate surface area is 73.9 Å². The van der Waals surface area contributed by atoms with Gasteiger partial charge >= 0.3 is 0 Å². The summed E-state index contributed by atoms with van der Waals surface area (Å²) >= 11 is 3.33. The Bertz CT molecular complexity index is 260. The number of pyridine rings is 1. The highest BCUT2D eigenvalue weighted by atomic mass is 79.9. The van der Waals surface area contributed by atoms with Gasteiger partial charge in [0.05, 0.1) is 0 Å². The minimum atomic E-state index is -0.0188. The third-order valence-corrected chi connectivity index (χ3v) is 2.06. The van der Waals surface area contributed by atoms with Gasteiger partial charge in [-0.1, -0.05) is 0 Å². The van der Waals surface area contributed by atoms with Gasteiger partial charge in [-0.15, -0.1) is 0 Å². The van der Waals surface area contributed by atoms with Crippen molar-refractivity contribution in [2.24, 2.45) is 5.73 Å². The molecule has 0 aromatic carbocycles. The molecule has 3 nitrogen and oxygen atoms in total. The van der Waals surface area contributed by atoms with Crippen LogP contribution in [0.5, 0.6) is 0 Å². The van der Waals surface area contributed by atoms with Crippen LogP contribution in [-0.2, 0) is 0 Å². The molecule has 4 heteroatoms. The van der Waals surface area contributed by atoms with E-state index in [0.29, 0.717) is 5.82 Å². The molecule has 1 aromatic heterocycles. The van der Waals surface area contributed by atoms with Crippen molar-refractivity contribution < 1.29 is 0 Å². The maximum Gasteiger partial charge on any atom is 0.123 e. The SMILES string of the molecule is CC(N)c1cc(N)ncc1Br. The molecule has 60 valence electrons. The minimum Gasteiger partial charge on any atom is -0.384 e. The van der Waals surface area contributed by atoms with Crippen LogP contribution in [-0.4, -0.2) is 4.98 Å². The fourth-order valence-corrected chi connectivity index (χ4v) is 1.40. The molecule has 0 spiro atoms. The second kappa shape index (κ2) is 3.19. The Balaban J connectivity index is 3.13. The first-order valence-electron chi connectivity index (χ1n) is 3.27. The van der Waals surface area contributed by atoms with Crippen LogP contribution in [0.3, 0.4) is 0 Å². The zero-order valence-electron chi connectivity index (χ0n) is 6.21. The fourth-order valence-electron chi connectivity index (χ4n) is 0.820. The maximum atomic E-state index is 5.67. The maximum absolute atomic E-state index is 5.67. The zero-order chi connectivity index (χ0) is 8.43.